The Kier molecular flexibility index (Phi) is 4.62. The highest BCUT2D eigenvalue weighted by Crippen LogP contribution is 2.35. The first-order valence-electron chi connectivity index (χ1n) is 8.90. The SMILES string of the molecule is Cc1cc(-c2ccc3c(c2)C(NC(=O)Cc2cnc[nH]2)CCO3)ccc1F. The van der Waals surface area contributed by atoms with Gasteiger partial charge in [0.05, 0.1) is 25.4 Å². The van der Waals surface area contributed by atoms with Gasteiger partial charge in [0.2, 0.25) is 5.91 Å². The average molecular weight is 365 g/mol. The Labute approximate surface area is 156 Å². The van der Waals surface area contributed by atoms with Crippen molar-refractivity contribution in [3.63, 3.8) is 0 Å². The number of ether oxygens (including phenoxy) is 1. The van der Waals surface area contributed by atoms with Gasteiger partial charge in [0.1, 0.15) is 11.6 Å². The molecule has 6 heteroatoms. The van der Waals surface area contributed by atoms with E-state index < -0.39 is 0 Å². The maximum atomic E-state index is 13.6. The molecule has 0 saturated heterocycles. The smallest absolute Gasteiger partial charge is 0.226 e. The monoisotopic (exact) mass is 365 g/mol. The van der Waals surface area contributed by atoms with Crippen molar-refractivity contribution in [2.75, 3.05) is 6.61 Å². The highest BCUT2D eigenvalue weighted by atomic mass is 19.1. The summed E-state index contributed by atoms with van der Waals surface area (Å²) in [7, 11) is 0. The van der Waals surface area contributed by atoms with Crippen molar-refractivity contribution in [1.29, 1.82) is 0 Å². The zero-order valence-corrected chi connectivity index (χ0v) is 15.0. The minimum atomic E-state index is -0.219. The molecule has 0 saturated carbocycles. The van der Waals surface area contributed by atoms with E-state index in [2.05, 4.69) is 15.3 Å². The molecular formula is C21H20FN3O2. The lowest BCUT2D eigenvalue weighted by Crippen LogP contribution is -2.33. The molecule has 27 heavy (non-hydrogen) atoms. The number of carbonyl (C=O) groups is 1. The number of nitrogens with zero attached hydrogens (tertiary/aromatic N) is 1. The largest absolute Gasteiger partial charge is 0.493 e. The molecule has 1 aliphatic heterocycles. The predicted octanol–water partition coefficient (Wildman–Crippen LogP) is 3.71. The fourth-order valence-electron chi connectivity index (χ4n) is 3.35. The first kappa shape index (κ1) is 17.3. The number of fused-ring (bicyclic) bond motifs is 1. The van der Waals surface area contributed by atoms with Gasteiger partial charge in [0, 0.05) is 23.9 Å². The number of hydrogen-bond donors (Lipinski definition) is 2. The molecule has 0 fully saturated rings. The summed E-state index contributed by atoms with van der Waals surface area (Å²) in [5.74, 6) is 0.486. The Balaban J connectivity index is 1.59. The summed E-state index contributed by atoms with van der Waals surface area (Å²) in [5.41, 5.74) is 4.22. The van der Waals surface area contributed by atoms with Crippen molar-refractivity contribution < 1.29 is 13.9 Å². The minimum absolute atomic E-state index is 0.0693. The molecule has 1 atom stereocenters. The van der Waals surface area contributed by atoms with E-state index in [0.29, 0.717) is 18.6 Å². The lowest BCUT2D eigenvalue weighted by Gasteiger charge is -2.27. The van der Waals surface area contributed by atoms with Crippen LogP contribution >= 0.6 is 0 Å². The molecule has 0 spiro atoms. The van der Waals surface area contributed by atoms with Crippen molar-refractivity contribution in [2.24, 2.45) is 0 Å². The van der Waals surface area contributed by atoms with Crippen LogP contribution < -0.4 is 10.1 Å². The van der Waals surface area contributed by atoms with Crippen LogP contribution in [0.4, 0.5) is 4.39 Å². The lowest BCUT2D eigenvalue weighted by molar-refractivity contribution is -0.121. The van der Waals surface area contributed by atoms with Gasteiger partial charge in [-0.2, -0.15) is 0 Å². The summed E-state index contributed by atoms with van der Waals surface area (Å²) < 4.78 is 19.3. The van der Waals surface area contributed by atoms with E-state index >= 15 is 0 Å². The lowest BCUT2D eigenvalue weighted by atomic mass is 9.94. The number of amides is 1. The van der Waals surface area contributed by atoms with E-state index in [1.54, 1.807) is 25.5 Å². The van der Waals surface area contributed by atoms with Gasteiger partial charge in [0.25, 0.3) is 0 Å². The van der Waals surface area contributed by atoms with E-state index in [1.807, 2.05) is 24.3 Å². The van der Waals surface area contributed by atoms with Gasteiger partial charge in [-0.3, -0.25) is 4.79 Å². The minimum Gasteiger partial charge on any atom is -0.493 e. The molecule has 3 aromatic rings. The summed E-state index contributed by atoms with van der Waals surface area (Å²) in [5, 5.41) is 3.09. The van der Waals surface area contributed by atoms with Crippen LogP contribution in [0.1, 0.15) is 29.3 Å². The highest BCUT2D eigenvalue weighted by molar-refractivity contribution is 5.79. The summed E-state index contributed by atoms with van der Waals surface area (Å²) >= 11 is 0. The molecule has 1 aliphatic rings. The van der Waals surface area contributed by atoms with Gasteiger partial charge in [-0.15, -0.1) is 0 Å². The van der Waals surface area contributed by atoms with Crippen LogP contribution in [-0.4, -0.2) is 22.5 Å². The molecule has 1 aromatic heterocycles. The molecule has 1 amide bonds. The topological polar surface area (TPSA) is 67.0 Å². The zero-order chi connectivity index (χ0) is 18.8. The van der Waals surface area contributed by atoms with Crippen LogP contribution in [0.3, 0.4) is 0 Å². The predicted molar refractivity (Wildman–Crippen MR) is 99.9 cm³/mol. The number of aromatic nitrogens is 2. The molecule has 0 aliphatic carbocycles. The van der Waals surface area contributed by atoms with Crippen LogP contribution in [0.25, 0.3) is 11.1 Å². The third-order valence-electron chi connectivity index (χ3n) is 4.78. The molecule has 0 radical (unpaired) electrons. The van der Waals surface area contributed by atoms with Crippen molar-refractivity contribution in [2.45, 2.75) is 25.8 Å². The quantitative estimate of drug-likeness (QED) is 0.741. The molecule has 1 unspecified atom stereocenters. The zero-order valence-electron chi connectivity index (χ0n) is 15.0. The van der Waals surface area contributed by atoms with Gasteiger partial charge in [-0.05, 0) is 47.9 Å². The Morgan fingerprint density at radius 3 is 2.89 bits per heavy atom. The van der Waals surface area contributed by atoms with Gasteiger partial charge in [-0.25, -0.2) is 9.37 Å². The first-order chi connectivity index (χ1) is 13.1. The molecule has 0 bridgehead atoms. The van der Waals surface area contributed by atoms with E-state index in [-0.39, 0.29) is 24.2 Å². The average Bonchev–Trinajstić information content (AvgIpc) is 3.17. The number of halogens is 1. The number of benzene rings is 2. The van der Waals surface area contributed by atoms with E-state index in [0.717, 1.165) is 28.1 Å². The number of aryl methyl sites for hydroxylation is 1. The number of H-pyrrole nitrogens is 1. The third-order valence-corrected chi connectivity index (χ3v) is 4.78. The van der Waals surface area contributed by atoms with Gasteiger partial charge in [-0.1, -0.05) is 12.1 Å². The number of aromatic amines is 1. The van der Waals surface area contributed by atoms with Crippen LogP contribution in [0, 0.1) is 12.7 Å². The number of imidazole rings is 1. The normalized spacial score (nSPS) is 15.7. The molecule has 4 rings (SSSR count). The second-order valence-corrected chi connectivity index (χ2v) is 6.73. The summed E-state index contributed by atoms with van der Waals surface area (Å²) in [4.78, 5) is 19.3. The molecule has 2 heterocycles. The van der Waals surface area contributed by atoms with E-state index in [1.165, 1.54) is 6.07 Å². The van der Waals surface area contributed by atoms with E-state index in [4.69, 9.17) is 4.74 Å². The Morgan fingerprint density at radius 2 is 2.11 bits per heavy atom. The van der Waals surface area contributed by atoms with Gasteiger partial charge >= 0.3 is 0 Å². The highest BCUT2D eigenvalue weighted by Gasteiger charge is 2.24. The van der Waals surface area contributed by atoms with Gasteiger partial charge in [0.15, 0.2) is 0 Å². The molecule has 138 valence electrons. The summed E-state index contributed by atoms with van der Waals surface area (Å²) in [6.07, 6.45) is 4.16. The van der Waals surface area contributed by atoms with Crippen molar-refractivity contribution >= 4 is 5.91 Å². The standard InChI is InChI=1S/C21H20FN3O2/c1-13-8-14(2-4-18(13)22)15-3-5-20-17(9-15)19(6-7-27-20)25-21(26)10-16-11-23-12-24-16/h2-5,8-9,11-12,19H,6-7,10H2,1H3,(H,23,24)(H,25,26). The van der Waals surface area contributed by atoms with Crippen LogP contribution in [-0.2, 0) is 11.2 Å². The van der Waals surface area contributed by atoms with Crippen LogP contribution in [0.5, 0.6) is 5.75 Å². The molecule has 2 aromatic carbocycles. The first-order valence-corrected chi connectivity index (χ1v) is 8.90. The van der Waals surface area contributed by atoms with Crippen molar-refractivity contribution in [3.8, 4) is 16.9 Å². The van der Waals surface area contributed by atoms with Crippen molar-refractivity contribution in [3.05, 3.63) is 71.6 Å². The van der Waals surface area contributed by atoms with E-state index in [9.17, 15) is 9.18 Å². The summed E-state index contributed by atoms with van der Waals surface area (Å²) in [6, 6.07) is 10.8. The number of hydrogen-bond acceptors (Lipinski definition) is 3. The summed E-state index contributed by atoms with van der Waals surface area (Å²) in [6.45, 7) is 2.30. The van der Waals surface area contributed by atoms with Crippen LogP contribution in [0.15, 0.2) is 48.9 Å². The maximum Gasteiger partial charge on any atom is 0.226 e. The Morgan fingerprint density at radius 1 is 1.30 bits per heavy atom. The number of rotatable bonds is 4. The van der Waals surface area contributed by atoms with Crippen molar-refractivity contribution in [1.82, 2.24) is 15.3 Å². The Bertz CT molecular complexity index is 970. The van der Waals surface area contributed by atoms with Gasteiger partial charge < -0.3 is 15.0 Å². The fourth-order valence-corrected chi connectivity index (χ4v) is 3.35. The molecule has 5 nitrogen and oxygen atoms in total. The van der Waals surface area contributed by atoms with Crippen LogP contribution in [0.2, 0.25) is 0 Å². The Hall–Kier alpha value is -3.15. The fraction of sp³-hybridized carbons (Fsp3) is 0.238. The molecule has 2 N–H and O–H groups in total. The number of carbonyl (C=O) groups excluding carboxylic acids is 1. The molecular weight excluding hydrogens is 345 g/mol. The number of nitrogens with one attached hydrogen (secondary N) is 2. The maximum absolute atomic E-state index is 13.6. The second-order valence-electron chi connectivity index (χ2n) is 6.73. The second kappa shape index (κ2) is 7.23. The third kappa shape index (κ3) is 3.69.